The van der Waals surface area contributed by atoms with Crippen LogP contribution in [0.3, 0.4) is 0 Å². The van der Waals surface area contributed by atoms with Crippen LogP contribution in [0, 0.1) is 6.92 Å². The number of anilines is 4. The van der Waals surface area contributed by atoms with Crippen molar-refractivity contribution in [2.24, 2.45) is 20.5 Å². The van der Waals surface area contributed by atoms with Gasteiger partial charge in [-0.2, -0.15) is 5.11 Å². The van der Waals surface area contributed by atoms with Gasteiger partial charge in [-0.05, 0) is 130 Å². The van der Waals surface area contributed by atoms with Crippen molar-refractivity contribution < 1.29 is 14.3 Å². The molecule has 346 valence electrons. The van der Waals surface area contributed by atoms with Crippen LogP contribution >= 0.6 is 0 Å². The molecule has 0 aromatic heterocycles. The lowest BCUT2D eigenvalue weighted by Crippen LogP contribution is -2.59. The maximum absolute atomic E-state index is 11.4. The average molecular weight is 905 g/mol. The predicted octanol–water partition coefficient (Wildman–Crippen LogP) is 16.2. The van der Waals surface area contributed by atoms with Gasteiger partial charge in [0.15, 0.2) is 0 Å². The number of nitrogens with one attached hydrogen (secondary N) is 4. The van der Waals surface area contributed by atoms with Crippen LogP contribution in [0.1, 0.15) is 89.5 Å². The summed E-state index contributed by atoms with van der Waals surface area (Å²) >= 11 is 0. The van der Waals surface area contributed by atoms with Gasteiger partial charge in [0.2, 0.25) is 0 Å². The highest BCUT2D eigenvalue weighted by Gasteiger charge is 2.46. The Hall–Kier alpha value is -7.27. The molecular formula is C57H60N8O3. The van der Waals surface area contributed by atoms with Crippen molar-refractivity contribution in [3.8, 4) is 5.75 Å². The first-order valence-electron chi connectivity index (χ1n) is 24.4. The molecule has 2 aliphatic heterocycles. The molecule has 2 spiro atoms. The lowest BCUT2D eigenvalue weighted by atomic mass is 9.78. The molecule has 10 rings (SSSR count). The van der Waals surface area contributed by atoms with E-state index in [1.165, 1.54) is 47.0 Å². The number of hydrogen-bond donors (Lipinski definition) is 4. The van der Waals surface area contributed by atoms with Crippen molar-refractivity contribution in [2.75, 3.05) is 34.5 Å². The molecule has 1 fully saturated rings. The second kappa shape index (κ2) is 19.5. The average Bonchev–Trinajstić information content (AvgIpc) is 3.36. The first-order valence-corrected chi connectivity index (χ1v) is 24.4. The number of nitrogens with zero attached hydrogens (tertiary/aromatic N) is 4. The molecule has 0 radical (unpaired) electrons. The number of azo groups is 2. The maximum atomic E-state index is 11.4. The van der Waals surface area contributed by atoms with Crippen LogP contribution in [0.5, 0.6) is 5.75 Å². The summed E-state index contributed by atoms with van der Waals surface area (Å²) in [6.45, 7) is 8.64. The standard InChI is InChI=1S/C57H60N8O3/c1-38(2)55(66)68-37-13-9-7-5-4-6-8-12-36-67-41-25-23-40(24-26-41)62-63-46-28-29-47(44-17-11-10-16-43(44)46)64-65-48-30-31-52-54-45(48)19-15-21-50(54)59-57(61-52)34-32-56(33-35-57)58-49-20-14-18-42-39(3)22-27-51(60-56)53(42)49/h10-11,14-31,58-61H,1,4-9,12-13,32-37H2,2-3H3/b63-62+,65-64+. The lowest BCUT2D eigenvalue weighted by Gasteiger charge is -2.52. The van der Waals surface area contributed by atoms with Crippen molar-refractivity contribution >= 4 is 83.8 Å². The van der Waals surface area contributed by atoms with E-state index in [1.807, 2.05) is 48.5 Å². The Morgan fingerprint density at radius 2 is 0.971 bits per heavy atom. The first kappa shape index (κ1) is 44.6. The summed E-state index contributed by atoms with van der Waals surface area (Å²) in [6.07, 6.45) is 12.7. The zero-order chi connectivity index (χ0) is 46.5. The van der Waals surface area contributed by atoms with Gasteiger partial charge < -0.3 is 30.7 Å². The fraction of sp³-hybridized carbons (Fsp3) is 0.316. The van der Waals surface area contributed by atoms with Crippen molar-refractivity contribution in [2.45, 2.75) is 102 Å². The fourth-order valence-electron chi connectivity index (χ4n) is 10.2. The SMILES string of the molecule is C=C(C)C(=O)OCCCCCCCCCCOc1ccc(/N=N/c2ccc(/N=N/c3ccc4c5c(cccc35)NC3(CCC5(CC3)Nc3cccc6c(C)ccc(c36)N5)N4)c3ccccc23)cc1. The number of carbonyl (C=O) groups excluding carboxylic acids is 1. The number of rotatable bonds is 17. The maximum Gasteiger partial charge on any atom is 0.333 e. The summed E-state index contributed by atoms with van der Waals surface area (Å²) in [7, 11) is 0. The number of aryl methyl sites for hydroxylation is 1. The highest BCUT2D eigenvalue weighted by atomic mass is 16.5. The summed E-state index contributed by atoms with van der Waals surface area (Å²) < 4.78 is 11.2. The summed E-state index contributed by atoms with van der Waals surface area (Å²) in [5, 5.41) is 41.4. The summed E-state index contributed by atoms with van der Waals surface area (Å²) in [5.41, 5.74) is 9.04. The molecule has 0 amide bonds. The lowest BCUT2D eigenvalue weighted by molar-refractivity contribution is -0.139. The number of benzene rings is 7. The molecule has 11 heteroatoms. The van der Waals surface area contributed by atoms with E-state index in [9.17, 15) is 4.79 Å². The second-order valence-electron chi connectivity index (χ2n) is 18.8. The highest BCUT2D eigenvalue weighted by molar-refractivity contribution is 6.10. The summed E-state index contributed by atoms with van der Waals surface area (Å²) in [5.74, 6) is 0.534. The van der Waals surface area contributed by atoms with Crippen LogP contribution in [-0.2, 0) is 9.53 Å². The Balaban J connectivity index is 0.732. The van der Waals surface area contributed by atoms with E-state index < -0.39 is 0 Å². The number of ether oxygens (including phenoxy) is 2. The van der Waals surface area contributed by atoms with E-state index in [4.69, 9.17) is 19.7 Å². The summed E-state index contributed by atoms with van der Waals surface area (Å²) in [6, 6.07) is 41.6. The monoisotopic (exact) mass is 904 g/mol. The van der Waals surface area contributed by atoms with Gasteiger partial charge >= 0.3 is 5.97 Å². The smallest absolute Gasteiger partial charge is 0.333 e. The Labute approximate surface area is 398 Å². The van der Waals surface area contributed by atoms with E-state index in [2.05, 4.69) is 118 Å². The van der Waals surface area contributed by atoms with Crippen molar-refractivity contribution in [1.29, 1.82) is 0 Å². The molecule has 7 aromatic carbocycles. The Morgan fingerprint density at radius 1 is 0.515 bits per heavy atom. The molecule has 0 atom stereocenters. The minimum Gasteiger partial charge on any atom is -0.494 e. The molecule has 0 saturated heterocycles. The highest BCUT2D eigenvalue weighted by Crippen LogP contribution is 2.50. The Bertz CT molecular complexity index is 3030. The van der Waals surface area contributed by atoms with Crippen LogP contribution in [0.4, 0.5) is 45.5 Å². The minimum absolute atomic E-state index is 0.202. The summed E-state index contributed by atoms with van der Waals surface area (Å²) in [4.78, 5) is 11.4. The topological polar surface area (TPSA) is 133 Å². The number of hydrogen-bond acceptors (Lipinski definition) is 11. The molecular weight excluding hydrogens is 845 g/mol. The van der Waals surface area contributed by atoms with Gasteiger partial charge in [0.25, 0.3) is 0 Å². The van der Waals surface area contributed by atoms with Gasteiger partial charge in [-0.1, -0.05) is 99.7 Å². The third-order valence-electron chi connectivity index (χ3n) is 13.9. The van der Waals surface area contributed by atoms with Gasteiger partial charge in [-0.15, -0.1) is 15.3 Å². The van der Waals surface area contributed by atoms with Gasteiger partial charge in [-0.3, -0.25) is 0 Å². The van der Waals surface area contributed by atoms with Gasteiger partial charge in [0.1, 0.15) is 17.1 Å². The Kier molecular flexibility index (Phi) is 12.8. The van der Waals surface area contributed by atoms with E-state index in [0.717, 1.165) is 119 Å². The third-order valence-corrected chi connectivity index (χ3v) is 13.9. The van der Waals surface area contributed by atoms with Crippen molar-refractivity contribution in [3.05, 3.63) is 139 Å². The number of esters is 1. The van der Waals surface area contributed by atoms with E-state index in [1.54, 1.807) is 6.92 Å². The molecule has 7 aromatic rings. The molecule has 2 heterocycles. The molecule has 4 N–H and O–H groups in total. The number of unbranched alkanes of at least 4 members (excludes halogenated alkanes) is 7. The fourth-order valence-corrected chi connectivity index (χ4v) is 10.2. The molecule has 68 heavy (non-hydrogen) atoms. The van der Waals surface area contributed by atoms with Crippen molar-refractivity contribution in [3.63, 3.8) is 0 Å². The Morgan fingerprint density at radius 3 is 1.56 bits per heavy atom. The van der Waals surface area contributed by atoms with Crippen LogP contribution in [0.25, 0.3) is 32.3 Å². The molecule has 0 unspecified atom stereocenters. The second-order valence-corrected chi connectivity index (χ2v) is 18.8. The quantitative estimate of drug-likeness (QED) is 0.0309. The van der Waals surface area contributed by atoms with Crippen molar-refractivity contribution in [1.82, 2.24) is 0 Å². The van der Waals surface area contributed by atoms with E-state index in [-0.39, 0.29) is 17.3 Å². The number of fused-ring (bicyclic) bond motifs is 1. The predicted molar refractivity (Wildman–Crippen MR) is 278 cm³/mol. The van der Waals surface area contributed by atoms with Gasteiger partial charge in [0.05, 0.1) is 36.0 Å². The third kappa shape index (κ3) is 9.47. The minimum atomic E-state index is -0.296. The molecule has 0 bridgehead atoms. The van der Waals surface area contributed by atoms with Crippen LogP contribution in [0.2, 0.25) is 0 Å². The molecule has 1 saturated carbocycles. The molecule has 3 aliphatic rings. The molecule has 11 nitrogen and oxygen atoms in total. The zero-order valence-corrected chi connectivity index (χ0v) is 39.2. The van der Waals surface area contributed by atoms with E-state index in [0.29, 0.717) is 18.8 Å². The van der Waals surface area contributed by atoms with Crippen LogP contribution in [0.15, 0.2) is 154 Å². The number of carbonyl (C=O) groups is 1. The largest absolute Gasteiger partial charge is 0.494 e. The van der Waals surface area contributed by atoms with Gasteiger partial charge in [-0.25, -0.2) is 4.79 Å². The van der Waals surface area contributed by atoms with Crippen LogP contribution in [-0.4, -0.2) is 30.5 Å². The molecule has 1 aliphatic carbocycles. The van der Waals surface area contributed by atoms with Gasteiger partial charge in [0, 0.05) is 55.3 Å². The normalized spacial score (nSPS) is 18.2. The first-order chi connectivity index (χ1) is 33.3. The van der Waals surface area contributed by atoms with Crippen LogP contribution < -0.4 is 26.0 Å². The van der Waals surface area contributed by atoms with E-state index >= 15 is 0 Å². The zero-order valence-electron chi connectivity index (χ0n) is 39.2.